The molecule has 10 heavy (non-hydrogen) atoms. The normalized spacial score (nSPS) is 13.8. The molecule has 0 aromatic rings. The minimum absolute atomic E-state index is 0.161. The number of rotatable bonds is 2. The van der Waals surface area contributed by atoms with E-state index in [4.69, 9.17) is 0 Å². The summed E-state index contributed by atoms with van der Waals surface area (Å²) >= 11 is 4.13. The van der Waals surface area contributed by atoms with Crippen molar-refractivity contribution in [2.24, 2.45) is 5.41 Å². The summed E-state index contributed by atoms with van der Waals surface area (Å²) in [6, 6.07) is 0. The Morgan fingerprint density at radius 3 is 1.60 bits per heavy atom. The molecular weight excluding hydrogens is 142 g/mol. The second-order valence-corrected chi connectivity index (χ2v) is 4.53. The largest absolute Gasteiger partial charge is 0.303 e. The summed E-state index contributed by atoms with van der Waals surface area (Å²) in [6.07, 6.45) is 0. The topological polar surface area (TPSA) is 12.0 Å². The first-order valence-corrected chi connectivity index (χ1v) is 4.30. The van der Waals surface area contributed by atoms with E-state index in [9.17, 15) is 0 Å². The Kier molecular flexibility index (Phi) is 3.24. The van der Waals surface area contributed by atoms with Crippen molar-refractivity contribution < 1.29 is 0 Å². The first-order valence-electron chi connectivity index (χ1n) is 3.67. The SMILES string of the molecule is CC(C)(C)C(C)(C)NCS. The molecule has 0 rings (SSSR count). The second kappa shape index (κ2) is 3.14. The van der Waals surface area contributed by atoms with Crippen LogP contribution in [0, 0.1) is 5.41 Å². The van der Waals surface area contributed by atoms with Crippen LogP contribution in [0.3, 0.4) is 0 Å². The molecule has 0 amide bonds. The van der Waals surface area contributed by atoms with Crippen molar-refractivity contribution in [3.05, 3.63) is 0 Å². The van der Waals surface area contributed by atoms with Gasteiger partial charge in [-0.05, 0) is 19.3 Å². The van der Waals surface area contributed by atoms with Crippen LogP contribution in [0.4, 0.5) is 0 Å². The molecule has 0 bridgehead atoms. The van der Waals surface area contributed by atoms with Crippen molar-refractivity contribution in [2.45, 2.75) is 40.2 Å². The van der Waals surface area contributed by atoms with E-state index in [0.29, 0.717) is 0 Å². The van der Waals surface area contributed by atoms with Gasteiger partial charge in [0.2, 0.25) is 0 Å². The van der Waals surface area contributed by atoms with E-state index in [0.717, 1.165) is 5.88 Å². The zero-order chi connectivity index (χ0) is 8.41. The molecule has 1 nitrogen and oxygen atoms in total. The molecule has 0 aliphatic rings. The Bertz CT molecular complexity index is 102. The van der Waals surface area contributed by atoms with E-state index in [1.165, 1.54) is 0 Å². The van der Waals surface area contributed by atoms with Crippen molar-refractivity contribution in [2.75, 3.05) is 5.88 Å². The van der Waals surface area contributed by atoms with Crippen molar-refractivity contribution >= 4 is 12.6 Å². The molecule has 0 radical (unpaired) electrons. The molecule has 2 heteroatoms. The Morgan fingerprint density at radius 1 is 1.10 bits per heavy atom. The number of nitrogens with one attached hydrogen (secondary N) is 1. The summed E-state index contributed by atoms with van der Waals surface area (Å²) in [7, 11) is 0. The van der Waals surface area contributed by atoms with Crippen molar-refractivity contribution in [1.29, 1.82) is 0 Å². The predicted octanol–water partition coefficient (Wildman–Crippen LogP) is 2.29. The fraction of sp³-hybridized carbons (Fsp3) is 1.00. The third-order valence-corrected chi connectivity index (χ3v) is 2.55. The molecule has 0 aromatic carbocycles. The van der Waals surface area contributed by atoms with Crippen LogP contribution < -0.4 is 5.32 Å². The summed E-state index contributed by atoms with van der Waals surface area (Å²) in [5.74, 6) is 0.740. The minimum atomic E-state index is 0.161. The monoisotopic (exact) mass is 161 g/mol. The van der Waals surface area contributed by atoms with Crippen LogP contribution in [0.2, 0.25) is 0 Å². The summed E-state index contributed by atoms with van der Waals surface area (Å²) in [6.45, 7) is 11.1. The summed E-state index contributed by atoms with van der Waals surface area (Å²) in [4.78, 5) is 0. The third kappa shape index (κ3) is 2.51. The highest BCUT2D eigenvalue weighted by Crippen LogP contribution is 2.28. The lowest BCUT2D eigenvalue weighted by Crippen LogP contribution is -2.49. The lowest BCUT2D eigenvalue weighted by Gasteiger charge is -2.39. The highest BCUT2D eigenvalue weighted by molar-refractivity contribution is 7.80. The molecule has 62 valence electrons. The molecule has 0 atom stereocenters. The lowest BCUT2D eigenvalue weighted by molar-refractivity contribution is 0.186. The lowest BCUT2D eigenvalue weighted by atomic mass is 9.76. The standard InChI is InChI=1S/C8H19NS/c1-7(2,3)8(4,5)9-6-10/h9-10H,6H2,1-5H3. The van der Waals surface area contributed by atoms with Gasteiger partial charge in [-0.25, -0.2) is 0 Å². The zero-order valence-electron chi connectivity index (χ0n) is 7.65. The Balaban J connectivity index is 4.10. The van der Waals surface area contributed by atoms with Crippen LogP contribution >= 0.6 is 12.6 Å². The van der Waals surface area contributed by atoms with Gasteiger partial charge in [-0.1, -0.05) is 20.8 Å². The van der Waals surface area contributed by atoms with Crippen LogP contribution in [-0.2, 0) is 0 Å². The van der Waals surface area contributed by atoms with Gasteiger partial charge in [-0.2, -0.15) is 12.6 Å². The zero-order valence-corrected chi connectivity index (χ0v) is 8.55. The van der Waals surface area contributed by atoms with E-state index < -0.39 is 0 Å². The molecule has 0 fully saturated rings. The van der Waals surface area contributed by atoms with Crippen LogP contribution in [0.5, 0.6) is 0 Å². The van der Waals surface area contributed by atoms with E-state index in [2.05, 4.69) is 52.6 Å². The van der Waals surface area contributed by atoms with Crippen LogP contribution in [0.25, 0.3) is 0 Å². The second-order valence-electron chi connectivity index (χ2n) is 4.21. The Morgan fingerprint density at radius 2 is 1.50 bits per heavy atom. The number of hydrogen-bond acceptors (Lipinski definition) is 2. The van der Waals surface area contributed by atoms with E-state index in [1.807, 2.05) is 0 Å². The van der Waals surface area contributed by atoms with Gasteiger partial charge >= 0.3 is 0 Å². The van der Waals surface area contributed by atoms with E-state index in [-0.39, 0.29) is 11.0 Å². The molecule has 0 saturated heterocycles. The van der Waals surface area contributed by atoms with E-state index in [1.54, 1.807) is 0 Å². The maximum atomic E-state index is 4.13. The van der Waals surface area contributed by atoms with Gasteiger partial charge in [0.1, 0.15) is 0 Å². The molecular formula is C8H19NS. The van der Waals surface area contributed by atoms with Crippen molar-refractivity contribution in [3.63, 3.8) is 0 Å². The van der Waals surface area contributed by atoms with Gasteiger partial charge in [0.25, 0.3) is 0 Å². The summed E-state index contributed by atoms with van der Waals surface area (Å²) in [5.41, 5.74) is 0.449. The minimum Gasteiger partial charge on any atom is -0.303 e. The number of thiol groups is 1. The maximum Gasteiger partial charge on any atom is 0.0391 e. The molecule has 0 aliphatic carbocycles. The highest BCUT2D eigenvalue weighted by atomic mass is 32.1. The first-order chi connectivity index (χ1) is 4.31. The van der Waals surface area contributed by atoms with E-state index >= 15 is 0 Å². The predicted molar refractivity (Wildman–Crippen MR) is 50.5 cm³/mol. The van der Waals surface area contributed by atoms with Crippen LogP contribution in [0.1, 0.15) is 34.6 Å². The molecule has 0 saturated carbocycles. The van der Waals surface area contributed by atoms with Crippen molar-refractivity contribution in [1.82, 2.24) is 5.32 Å². The fourth-order valence-electron chi connectivity index (χ4n) is 0.463. The molecule has 0 heterocycles. The average molecular weight is 161 g/mol. The molecule has 0 spiro atoms. The van der Waals surface area contributed by atoms with Gasteiger partial charge in [-0.15, -0.1) is 0 Å². The van der Waals surface area contributed by atoms with Gasteiger partial charge in [0.05, 0.1) is 0 Å². The van der Waals surface area contributed by atoms with Crippen LogP contribution in [0.15, 0.2) is 0 Å². The molecule has 0 aromatic heterocycles. The smallest absolute Gasteiger partial charge is 0.0391 e. The Labute approximate surface area is 70.0 Å². The van der Waals surface area contributed by atoms with Gasteiger partial charge in [0, 0.05) is 11.4 Å². The van der Waals surface area contributed by atoms with Gasteiger partial charge in [0.15, 0.2) is 0 Å². The summed E-state index contributed by atoms with van der Waals surface area (Å²) < 4.78 is 0. The van der Waals surface area contributed by atoms with Crippen molar-refractivity contribution in [3.8, 4) is 0 Å². The van der Waals surface area contributed by atoms with Gasteiger partial charge in [-0.3, -0.25) is 0 Å². The first kappa shape index (κ1) is 10.3. The molecule has 0 unspecified atom stereocenters. The Hall–Kier alpha value is 0.310. The average Bonchev–Trinajstić information content (AvgIpc) is 1.61. The molecule has 1 N–H and O–H groups in total. The third-order valence-electron chi connectivity index (χ3n) is 2.40. The number of hydrogen-bond donors (Lipinski definition) is 2. The highest BCUT2D eigenvalue weighted by Gasteiger charge is 2.31. The quantitative estimate of drug-likeness (QED) is 0.468. The summed E-state index contributed by atoms with van der Waals surface area (Å²) in [5, 5.41) is 3.33. The van der Waals surface area contributed by atoms with Gasteiger partial charge < -0.3 is 5.32 Å². The van der Waals surface area contributed by atoms with Crippen LogP contribution in [-0.4, -0.2) is 11.4 Å². The molecule has 0 aliphatic heterocycles. The maximum absolute atomic E-state index is 4.13. The fourth-order valence-corrected chi connectivity index (χ4v) is 0.858.